The molecule has 0 radical (unpaired) electrons. The number of carbonyl (C=O) groups is 1. The van der Waals surface area contributed by atoms with Crippen molar-refractivity contribution in [1.82, 2.24) is 5.43 Å². The quantitative estimate of drug-likeness (QED) is 0.417. The van der Waals surface area contributed by atoms with Crippen molar-refractivity contribution in [2.75, 3.05) is 6.61 Å². The maximum atomic E-state index is 11.6. The van der Waals surface area contributed by atoms with Crippen LogP contribution in [0.4, 0.5) is 5.69 Å². The predicted octanol–water partition coefficient (Wildman–Crippen LogP) is 1.54. The Balaban J connectivity index is 1.90. The second-order valence-corrected chi connectivity index (χ2v) is 4.55. The highest BCUT2D eigenvalue weighted by Crippen LogP contribution is 2.25. The van der Waals surface area contributed by atoms with Crippen LogP contribution in [-0.4, -0.2) is 33.9 Å². The van der Waals surface area contributed by atoms with Crippen LogP contribution in [0.3, 0.4) is 0 Å². The Kier molecular flexibility index (Phi) is 5.29. The van der Waals surface area contributed by atoms with E-state index in [1.54, 1.807) is 6.07 Å². The van der Waals surface area contributed by atoms with E-state index in [0.717, 1.165) is 6.07 Å². The highest BCUT2D eigenvalue weighted by atomic mass is 16.6. The van der Waals surface area contributed by atoms with Gasteiger partial charge in [0.25, 0.3) is 5.91 Å². The van der Waals surface area contributed by atoms with Crippen molar-refractivity contribution in [1.29, 1.82) is 0 Å². The van der Waals surface area contributed by atoms with Crippen molar-refractivity contribution in [2.45, 2.75) is 0 Å². The van der Waals surface area contributed by atoms with Gasteiger partial charge < -0.3 is 14.9 Å². The molecule has 24 heavy (non-hydrogen) atoms. The number of nitrogens with one attached hydrogen (secondary N) is 1. The summed E-state index contributed by atoms with van der Waals surface area (Å²) in [6.07, 6.45) is 1.18. The molecule has 2 rings (SSSR count). The molecule has 0 atom stereocenters. The molecule has 0 aliphatic heterocycles. The maximum Gasteiger partial charge on any atom is 0.310 e. The molecule has 0 aliphatic rings. The SMILES string of the molecule is O=C(COc1ccccc1[N+](=O)[O-])N/N=C/c1ccc(O)cc1O. The molecule has 124 valence electrons. The molecule has 0 aliphatic carbocycles. The van der Waals surface area contributed by atoms with Crippen LogP contribution < -0.4 is 10.2 Å². The van der Waals surface area contributed by atoms with Gasteiger partial charge in [-0.15, -0.1) is 0 Å². The maximum absolute atomic E-state index is 11.6. The number of phenols is 2. The van der Waals surface area contributed by atoms with E-state index < -0.39 is 17.4 Å². The van der Waals surface area contributed by atoms with Gasteiger partial charge >= 0.3 is 5.69 Å². The van der Waals surface area contributed by atoms with Crippen LogP contribution in [0.15, 0.2) is 47.6 Å². The third kappa shape index (κ3) is 4.44. The summed E-state index contributed by atoms with van der Waals surface area (Å²) in [5.41, 5.74) is 2.19. The molecular formula is C15H13N3O6. The first-order chi connectivity index (χ1) is 11.5. The van der Waals surface area contributed by atoms with E-state index in [1.807, 2.05) is 0 Å². The van der Waals surface area contributed by atoms with E-state index >= 15 is 0 Å². The minimum absolute atomic E-state index is 0.0298. The summed E-state index contributed by atoms with van der Waals surface area (Å²) in [6, 6.07) is 9.55. The van der Waals surface area contributed by atoms with Gasteiger partial charge in [-0.25, -0.2) is 5.43 Å². The van der Waals surface area contributed by atoms with Crippen LogP contribution in [0.1, 0.15) is 5.56 Å². The molecule has 9 heteroatoms. The number of phenolic OH excluding ortho intramolecular Hbond substituents is 2. The van der Waals surface area contributed by atoms with Gasteiger partial charge in [-0.05, 0) is 18.2 Å². The number of carbonyl (C=O) groups excluding carboxylic acids is 1. The number of nitro benzene ring substituents is 1. The number of amides is 1. The van der Waals surface area contributed by atoms with Gasteiger partial charge in [0.2, 0.25) is 0 Å². The molecule has 0 aromatic heterocycles. The first-order valence-electron chi connectivity index (χ1n) is 6.67. The Morgan fingerprint density at radius 3 is 2.75 bits per heavy atom. The number of nitro groups is 1. The van der Waals surface area contributed by atoms with Crippen LogP contribution in [0.5, 0.6) is 17.2 Å². The van der Waals surface area contributed by atoms with Crippen molar-refractivity contribution in [2.24, 2.45) is 5.10 Å². The zero-order valence-corrected chi connectivity index (χ0v) is 12.2. The van der Waals surface area contributed by atoms with E-state index in [4.69, 9.17) is 9.84 Å². The molecule has 0 unspecified atom stereocenters. The number of hydrazone groups is 1. The average Bonchev–Trinajstić information content (AvgIpc) is 2.55. The lowest BCUT2D eigenvalue weighted by Gasteiger charge is -2.05. The van der Waals surface area contributed by atoms with Crippen molar-refractivity contribution < 1.29 is 24.7 Å². The molecule has 9 nitrogen and oxygen atoms in total. The molecule has 0 bridgehead atoms. The number of aromatic hydroxyl groups is 2. The van der Waals surface area contributed by atoms with Gasteiger partial charge in [0.05, 0.1) is 11.1 Å². The summed E-state index contributed by atoms with van der Waals surface area (Å²) in [7, 11) is 0. The minimum atomic E-state index is -0.636. The number of rotatable bonds is 6. The summed E-state index contributed by atoms with van der Waals surface area (Å²) < 4.78 is 5.09. The monoisotopic (exact) mass is 331 g/mol. The first kappa shape index (κ1) is 16.7. The molecule has 0 saturated heterocycles. The molecule has 0 heterocycles. The lowest BCUT2D eigenvalue weighted by molar-refractivity contribution is -0.385. The van der Waals surface area contributed by atoms with Crippen molar-refractivity contribution >= 4 is 17.8 Å². The van der Waals surface area contributed by atoms with E-state index in [0.29, 0.717) is 0 Å². The van der Waals surface area contributed by atoms with E-state index in [1.165, 1.54) is 36.5 Å². The topological polar surface area (TPSA) is 134 Å². The third-order valence-corrected chi connectivity index (χ3v) is 2.83. The molecule has 1 amide bonds. The number of ether oxygens (including phenoxy) is 1. The Labute approximate surface area is 136 Å². The number of benzene rings is 2. The fourth-order valence-electron chi connectivity index (χ4n) is 1.72. The van der Waals surface area contributed by atoms with Crippen LogP contribution >= 0.6 is 0 Å². The van der Waals surface area contributed by atoms with Crippen molar-refractivity contribution in [3.63, 3.8) is 0 Å². The Morgan fingerprint density at radius 2 is 2.04 bits per heavy atom. The molecule has 0 saturated carbocycles. The smallest absolute Gasteiger partial charge is 0.310 e. The fourth-order valence-corrected chi connectivity index (χ4v) is 1.72. The largest absolute Gasteiger partial charge is 0.508 e. The Morgan fingerprint density at radius 1 is 1.29 bits per heavy atom. The lowest BCUT2D eigenvalue weighted by atomic mass is 10.2. The number of hydrogen-bond donors (Lipinski definition) is 3. The fraction of sp³-hybridized carbons (Fsp3) is 0.0667. The van der Waals surface area contributed by atoms with Gasteiger partial charge in [0.15, 0.2) is 12.4 Å². The van der Waals surface area contributed by atoms with Crippen LogP contribution in [-0.2, 0) is 4.79 Å². The van der Waals surface area contributed by atoms with Crippen molar-refractivity contribution in [3.8, 4) is 17.2 Å². The van der Waals surface area contributed by atoms with Gasteiger partial charge in [0, 0.05) is 17.7 Å². The first-order valence-corrected chi connectivity index (χ1v) is 6.67. The molecule has 0 fully saturated rings. The summed E-state index contributed by atoms with van der Waals surface area (Å²) in [5.74, 6) is -0.976. The average molecular weight is 331 g/mol. The zero-order chi connectivity index (χ0) is 17.5. The summed E-state index contributed by atoms with van der Waals surface area (Å²) in [4.78, 5) is 21.8. The second-order valence-electron chi connectivity index (χ2n) is 4.55. The van der Waals surface area contributed by atoms with Gasteiger partial charge in [-0.2, -0.15) is 5.10 Å². The Bertz CT molecular complexity index is 791. The molecule has 2 aromatic rings. The van der Waals surface area contributed by atoms with Crippen LogP contribution in [0.2, 0.25) is 0 Å². The van der Waals surface area contributed by atoms with Gasteiger partial charge in [-0.3, -0.25) is 14.9 Å². The van der Waals surface area contributed by atoms with E-state index in [-0.39, 0.29) is 28.5 Å². The molecule has 2 aromatic carbocycles. The van der Waals surface area contributed by atoms with Crippen LogP contribution in [0.25, 0.3) is 0 Å². The summed E-state index contributed by atoms with van der Waals surface area (Å²) >= 11 is 0. The standard InChI is InChI=1S/C15H13N3O6/c19-11-6-5-10(13(20)7-11)8-16-17-15(21)9-24-14-4-2-1-3-12(14)18(22)23/h1-8,19-20H,9H2,(H,17,21)/b16-8+. The number of hydrogen-bond acceptors (Lipinski definition) is 7. The number of para-hydroxylation sites is 2. The summed E-state index contributed by atoms with van der Waals surface area (Å²) in [5, 5.41) is 33.1. The lowest BCUT2D eigenvalue weighted by Crippen LogP contribution is -2.24. The van der Waals surface area contributed by atoms with E-state index in [2.05, 4.69) is 10.5 Å². The van der Waals surface area contributed by atoms with E-state index in [9.17, 15) is 20.0 Å². The highest BCUT2D eigenvalue weighted by Gasteiger charge is 2.14. The number of nitrogens with zero attached hydrogens (tertiary/aromatic N) is 2. The summed E-state index contributed by atoms with van der Waals surface area (Å²) in [6.45, 7) is -0.468. The van der Waals surface area contributed by atoms with Crippen LogP contribution in [0, 0.1) is 10.1 Å². The zero-order valence-electron chi connectivity index (χ0n) is 12.2. The molecule has 0 spiro atoms. The van der Waals surface area contributed by atoms with Gasteiger partial charge in [-0.1, -0.05) is 12.1 Å². The molecular weight excluding hydrogens is 318 g/mol. The predicted molar refractivity (Wildman–Crippen MR) is 84.1 cm³/mol. The Hall–Kier alpha value is -3.62. The highest BCUT2D eigenvalue weighted by molar-refractivity contribution is 5.85. The second kappa shape index (κ2) is 7.58. The van der Waals surface area contributed by atoms with Gasteiger partial charge in [0.1, 0.15) is 11.5 Å². The normalized spacial score (nSPS) is 10.5. The minimum Gasteiger partial charge on any atom is -0.508 e. The van der Waals surface area contributed by atoms with Crippen molar-refractivity contribution in [3.05, 3.63) is 58.1 Å². The molecule has 3 N–H and O–H groups in total. The third-order valence-electron chi connectivity index (χ3n) is 2.83.